The van der Waals surface area contributed by atoms with Gasteiger partial charge in [-0.25, -0.2) is 9.90 Å². The number of aromatic nitrogens is 3. The van der Waals surface area contributed by atoms with Crippen LogP contribution in [0.25, 0.3) is 0 Å². The van der Waals surface area contributed by atoms with Gasteiger partial charge in [-0.05, 0) is 24.1 Å². The van der Waals surface area contributed by atoms with Crippen molar-refractivity contribution >= 4 is 11.6 Å². The molecule has 6 nitrogen and oxygen atoms in total. The molecule has 3 aromatic rings. The maximum Gasteiger partial charge on any atom is 0.300 e. The summed E-state index contributed by atoms with van der Waals surface area (Å²) in [6.45, 7) is 2.22. The third-order valence-electron chi connectivity index (χ3n) is 3.52. The molecule has 0 saturated carbocycles. The van der Waals surface area contributed by atoms with Gasteiger partial charge in [-0.3, -0.25) is 9.59 Å². The normalized spacial score (nSPS) is 10.5. The molecule has 0 atom stereocenters. The molecule has 0 fully saturated rings. The SMILES string of the molecule is Cc1ccccc1NC(=O)c1n[nH]n(Cc2ccccc2)c1=O. The Bertz CT molecular complexity index is 881. The molecule has 0 radical (unpaired) electrons. The molecule has 1 amide bonds. The zero-order chi connectivity index (χ0) is 16.2. The number of benzene rings is 2. The highest BCUT2D eigenvalue weighted by molar-refractivity contribution is 6.02. The minimum absolute atomic E-state index is 0.149. The Kier molecular flexibility index (Phi) is 4.05. The first-order chi connectivity index (χ1) is 11.1. The number of nitrogens with zero attached hydrogens (tertiary/aromatic N) is 2. The number of carbonyl (C=O) groups is 1. The van der Waals surface area contributed by atoms with Gasteiger partial charge >= 0.3 is 0 Å². The van der Waals surface area contributed by atoms with Gasteiger partial charge in [0.2, 0.25) is 5.69 Å². The first-order valence-corrected chi connectivity index (χ1v) is 7.21. The van der Waals surface area contributed by atoms with Crippen LogP contribution in [-0.4, -0.2) is 20.9 Å². The molecule has 116 valence electrons. The second kappa shape index (κ2) is 6.31. The van der Waals surface area contributed by atoms with E-state index in [1.165, 1.54) is 4.68 Å². The number of H-pyrrole nitrogens is 1. The fraction of sp³-hybridized carbons (Fsp3) is 0.118. The first-order valence-electron chi connectivity index (χ1n) is 7.21. The summed E-state index contributed by atoms with van der Waals surface area (Å²) in [5.41, 5.74) is 1.93. The summed E-state index contributed by atoms with van der Waals surface area (Å²) < 4.78 is 1.31. The number of carbonyl (C=O) groups excluding carboxylic acids is 1. The Balaban J connectivity index is 1.80. The Morgan fingerprint density at radius 3 is 2.57 bits per heavy atom. The Morgan fingerprint density at radius 1 is 1.13 bits per heavy atom. The molecule has 1 aromatic heterocycles. The molecule has 2 N–H and O–H groups in total. The quantitative estimate of drug-likeness (QED) is 0.775. The molecule has 0 saturated heterocycles. The van der Waals surface area contributed by atoms with Gasteiger partial charge in [0.25, 0.3) is 11.5 Å². The number of anilines is 1. The van der Waals surface area contributed by atoms with E-state index in [4.69, 9.17) is 0 Å². The number of amides is 1. The van der Waals surface area contributed by atoms with Gasteiger partial charge in [-0.15, -0.1) is 5.10 Å². The van der Waals surface area contributed by atoms with Crippen LogP contribution in [-0.2, 0) is 6.54 Å². The fourth-order valence-electron chi connectivity index (χ4n) is 2.25. The van der Waals surface area contributed by atoms with Crippen LogP contribution >= 0.6 is 0 Å². The van der Waals surface area contributed by atoms with Crippen molar-refractivity contribution in [3.05, 3.63) is 81.8 Å². The minimum Gasteiger partial charge on any atom is -0.320 e. The molecule has 0 aliphatic carbocycles. The second-order valence-electron chi connectivity index (χ2n) is 5.21. The third-order valence-corrected chi connectivity index (χ3v) is 3.52. The number of hydrogen-bond donors (Lipinski definition) is 2. The maximum atomic E-state index is 12.3. The van der Waals surface area contributed by atoms with Crippen molar-refractivity contribution in [3.8, 4) is 0 Å². The van der Waals surface area contributed by atoms with E-state index in [2.05, 4.69) is 15.6 Å². The Morgan fingerprint density at radius 2 is 1.83 bits per heavy atom. The topological polar surface area (TPSA) is 79.8 Å². The largest absolute Gasteiger partial charge is 0.320 e. The molecule has 0 bridgehead atoms. The summed E-state index contributed by atoms with van der Waals surface area (Å²) in [6.07, 6.45) is 0. The average molecular weight is 308 g/mol. The molecular formula is C17H16N4O2. The number of para-hydroxylation sites is 1. The van der Waals surface area contributed by atoms with E-state index in [0.717, 1.165) is 11.1 Å². The zero-order valence-corrected chi connectivity index (χ0v) is 12.6. The zero-order valence-electron chi connectivity index (χ0n) is 12.6. The number of aryl methyl sites for hydroxylation is 1. The van der Waals surface area contributed by atoms with Crippen LogP contribution < -0.4 is 10.9 Å². The van der Waals surface area contributed by atoms with Gasteiger partial charge < -0.3 is 5.32 Å². The molecule has 3 rings (SSSR count). The number of rotatable bonds is 4. The van der Waals surface area contributed by atoms with Crippen molar-refractivity contribution in [2.45, 2.75) is 13.5 Å². The molecule has 0 aliphatic rings. The van der Waals surface area contributed by atoms with Crippen molar-refractivity contribution in [2.75, 3.05) is 5.32 Å². The van der Waals surface area contributed by atoms with Crippen molar-refractivity contribution in [1.82, 2.24) is 15.0 Å². The van der Waals surface area contributed by atoms with E-state index >= 15 is 0 Å². The van der Waals surface area contributed by atoms with Crippen molar-refractivity contribution in [3.63, 3.8) is 0 Å². The van der Waals surface area contributed by atoms with E-state index < -0.39 is 11.5 Å². The van der Waals surface area contributed by atoms with E-state index in [-0.39, 0.29) is 5.69 Å². The Hall–Kier alpha value is -3.15. The van der Waals surface area contributed by atoms with Gasteiger partial charge in [0.15, 0.2) is 0 Å². The van der Waals surface area contributed by atoms with Gasteiger partial charge in [-0.2, -0.15) is 0 Å². The minimum atomic E-state index is -0.521. The second-order valence-corrected chi connectivity index (χ2v) is 5.21. The molecule has 0 aliphatic heterocycles. The lowest BCUT2D eigenvalue weighted by molar-refractivity contribution is 0.102. The first kappa shape index (κ1) is 14.8. The van der Waals surface area contributed by atoms with Crippen LogP contribution in [0.2, 0.25) is 0 Å². The van der Waals surface area contributed by atoms with Gasteiger partial charge in [0.1, 0.15) is 0 Å². The van der Waals surface area contributed by atoms with Crippen LogP contribution in [0, 0.1) is 6.92 Å². The van der Waals surface area contributed by atoms with Crippen LogP contribution in [0.5, 0.6) is 0 Å². The van der Waals surface area contributed by atoms with Gasteiger partial charge in [0, 0.05) is 5.69 Å². The van der Waals surface area contributed by atoms with Crippen LogP contribution in [0.15, 0.2) is 59.4 Å². The third kappa shape index (κ3) is 3.21. The lowest BCUT2D eigenvalue weighted by atomic mass is 10.2. The van der Waals surface area contributed by atoms with E-state index in [0.29, 0.717) is 12.2 Å². The predicted molar refractivity (Wildman–Crippen MR) is 87.5 cm³/mol. The van der Waals surface area contributed by atoms with Gasteiger partial charge in [0.05, 0.1) is 6.54 Å². The molecule has 6 heteroatoms. The molecule has 1 heterocycles. The average Bonchev–Trinajstić information content (AvgIpc) is 2.92. The van der Waals surface area contributed by atoms with E-state index in [1.807, 2.05) is 55.5 Å². The summed E-state index contributed by atoms with van der Waals surface area (Å²) >= 11 is 0. The smallest absolute Gasteiger partial charge is 0.300 e. The summed E-state index contributed by atoms with van der Waals surface area (Å²) in [4.78, 5) is 24.5. The van der Waals surface area contributed by atoms with Crippen LogP contribution in [0.1, 0.15) is 21.6 Å². The summed E-state index contributed by atoms with van der Waals surface area (Å²) in [6, 6.07) is 16.9. The molecular weight excluding hydrogens is 292 g/mol. The summed E-state index contributed by atoms with van der Waals surface area (Å²) in [5, 5.41) is 9.16. The monoisotopic (exact) mass is 308 g/mol. The fourth-order valence-corrected chi connectivity index (χ4v) is 2.25. The summed E-state index contributed by atoms with van der Waals surface area (Å²) in [7, 11) is 0. The number of nitrogens with one attached hydrogen (secondary N) is 2. The van der Waals surface area contributed by atoms with Gasteiger partial charge in [-0.1, -0.05) is 48.5 Å². The molecule has 23 heavy (non-hydrogen) atoms. The predicted octanol–water partition coefficient (Wildman–Crippen LogP) is 2.18. The van der Waals surface area contributed by atoms with E-state index in [9.17, 15) is 9.59 Å². The number of aromatic amines is 1. The van der Waals surface area contributed by atoms with Crippen molar-refractivity contribution in [2.24, 2.45) is 0 Å². The van der Waals surface area contributed by atoms with Crippen molar-refractivity contribution in [1.29, 1.82) is 0 Å². The molecule has 2 aromatic carbocycles. The lowest BCUT2D eigenvalue weighted by Crippen LogP contribution is -2.25. The van der Waals surface area contributed by atoms with E-state index in [1.54, 1.807) is 6.07 Å². The van der Waals surface area contributed by atoms with Crippen LogP contribution in [0.4, 0.5) is 5.69 Å². The summed E-state index contributed by atoms with van der Waals surface area (Å²) in [5.74, 6) is -0.521. The molecule has 0 unspecified atom stereocenters. The highest BCUT2D eigenvalue weighted by Gasteiger charge is 2.17. The molecule has 0 spiro atoms. The Labute approximate surface area is 132 Å². The lowest BCUT2D eigenvalue weighted by Gasteiger charge is -2.05. The van der Waals surface area contributed by atoms with Crippen molar-refractivity contribution < 1.29 is 4.79 Å². The highest BCUT2D eigenvalue weighted by atomic mass is 16.2. The van der Waals surface area contributed by atoms with Crippen LogP contribution in [0.3, 0.4) is 0 Å². The maximum absolute atomic E-state index is 12.3. The number of hydrogen-bond acceptors (Lipinski definition) is 3. The standard InChI is InChI=1S/C17H16N4O2/c1-12-7-5-6-10-14(12)18-16(22)15-17(23)21(20-19-15)11-13-8-3-2-4-9-13/h2-10,20H,11H2,1H3,(H,18,22). The highest BCUT2D eigenvalue weighted by Crippen LogP contribution is 2.13.